The van der Waals surface area contributed by atoms with E-state index in [4.69, 9.17) is 9.15 Å². The van der Waals surface area contributed by atoms with Gasteiger partial charge >= 0.3 is 0 Å². The minimum Gasteiger partial charge on any atom is -0.484 e. The van der Waals surface area contributed by atoms with Crippen LogP contribution in [0.25, 0.3) is 22.1 Å². The first-order valence-corrected chi connectivity index (χ1v) is 10.0. The Morgan fingerprint density at radius 3 is 2.55 bits per heavy atom. The van der Waals surface area contributed by atoms with Gasteiger partial charge in [-0.3, -0.25) is 9.59 Å². The van der Waals surface area contributed by atoms with E-state index in [9.17, 15) is 9.59 Å². The van der Waals surface area contributed by atoms with Crippen molar-refractivity contribution in [3.05, 3.63) is 65.0 Å². The maximum Gasteiger partial charge on any atom is 0.260 e. The quantitative estimate of drug-likeness (QED) is 0.664. The predicted octanol–water partition coefficient (Wildman–Crippen LogP) is 4.34. The van der Waals surface area contributed by atoms with Gasteiger partial charge in [-0.15, -0.1) is 0 Å². The molecule has 5 nitrogen and oxygen atoms in total. The number of rotatable bonds is 4. The van der Waals surface area contributed by atoms with Crippen LogP contribution in [-0.4, -0.2) is 30.5 Å². The number of carbonyl (C=O) groups is 1. The molecule has 0 unspecified atom stereocenters. The summed E-state index contributed by atoms with van der Waals surface area (Å²) < 4.78 is 11.4. The second-order valence-corrected chi connectivity index (χ2v) is 8.04. The first-order valence-electron chi connectivity index (χ1n) is 10.0. The normalized spacial score (nSPS) is 19.3. The maximum atomic E-state index is 12.8. The average Bonchev–Trinajstić information content (AvgIpc) is 2.72. The van der Waals surface area contributed by atoms with Crippen LogP contribution in [0.5, 0.6) is 5.75 Å². The maximum absolute atomic E-state index is 12.8. The second-order valence-electron chi connectivity index (χ2n) is 8.04. The van der Waals surface area contributed by atoms with Crippen LogP contribution in [0, 0.1) is 11.8 Å². The number of amides is 1. The Kier molecular flexibility index (Phi) is 5.38. The van der Waals surface area contributed by atoms with E-state index in [0.717, 1.165) is 25.1 Å². The van der Waals surface area contributed by atoms with E-state index in [0.29, 0.717) is 34.1 Å². The molecule has 5 heteroatoms. The first-order chi connectivity index (χ1) is 14.0. The summed E-state index contributed by atoms with van der Waals surface area (Å²) in [4.78, 5) is 27.2. The van der Waals surface area contributed by atoms with E-state index >= 15 is 0 Å². The van der Waals surface area contributed by atoms with Crippen molar-refractivity contribution in [1.82, 2.24) is 4.90 Å². The molecule has 1 aliphatic rings. The minimum absolute atomic E-state index is 0.00984. The molecule has 0 aliphatic carbocycles. The fourth-order valence-electron chi connectivity index (χ4n) is 4.12. The van der Waals surface area contributed by atoms with Crippen LogP contribution >= 0.6 is 0 Å². The third kappa shape index (κ3) is 4.19. The molecular formula is C24H25NO4. The van der Waals surface area contributed by atoms with Gasteiger partial charge in [-0.05, 0) is 36.0 Å². The predicted molar refractivity (Wildman–Crippen MR) is 113 cm³/mol. The van der Waals surface area contributed by atoms with E-state index in [2.05, 4.69) is 13.8 Å². The summed E-state index contributed by atoms with van der Waals surface area (Å²) in [5, 5.41) is 0.490. The van der Waals surface area contributed by atoms with Gasteiger partial charge in [0.1, 0.15) is 17.6 Å². The molecule has 29 heavy (non-hydrogen) atoms. The van der Waals surface area contributed by atoms with Crippen LogP contribution in [0.15, 0.2) is 64.0 Å². The van der Waals surface area contributed by atoms with Crippen LogP contribution in [0.1, 0.15) is 20.3 Å². The summed E-state index contributed by atoms with van der Waals surface area (Å²) >= 11 is 0. The SMILES string of the molecule is C[C@@H]1C[C@@H](C)CN(C(=O)COc2ccc3c(=O)c(-c4ccccc4)coc3c2)C1. The lowest BCUT2D eigenvalue weighted by Gasteiger charge is -2.34. The molecular weight excluding hydrogens is 366 g/mol. The number of hydrogen-bond donors (Lipinski definition) is 0. The third-order valence-electron chi connectivity index (χ3n) is 5.41. The average molecular weight is 391 g/mol. The number of fused-ring (bicyclic) bond motifs is 1. The van der Waals surface area contributed by atoms with Crippen molar-refractivity contribution >= 4 is 16.9 Å². The van der Waals surface area contributed by atoms with Gasteiger partial charge in [0.15, 0.2) is 12.0 Å². The van der Waals surface area contributed by atoms with E-state index in [1.165, 1.54) is 6.26 Å². The van der Waals surface area contributed by atoms with E-state index < -0.39 is 0 Å². The standard InChI is InChI=1S/C24H25NO4/c1-16-10-17(2)13-25(12-16)23(26)15-28-19-8-9-20-22(11-19)29-14-21(24(20)27)18-6-4-3-5-7-18/h3-9,11,14,16-17H,10,12-13,15H2,1-2H3/t16-,17-/m1/s1. The Morgan fingerprint density at radius 1 is 1.10 bits per heavy atom. The first kappa shape index (κ1) is 19.2. The molecule has 150 valence electrons. The zero-order chi connectivity index (χ0) is 20.4. The van der Waals surface area contributed by atoms with Gasteiger partial charge in [0.25, 0.3) is 5.91 Å². The molecule has 1 saturated heterocycles. The lowest BCUT2D eigenvalue weighted by Crippen LogP contribution is -2.44. The zero-order valence-corrected chi connectivity index (χ0v) is 16.8. The summed E-state index contributed by atoms with van der Waals surface area (Å²) in [7, 11) is 0. The van der Waals surface area contributed by atoms with E-state index in [1.54, 1.807) is 18.2 Å². The number of hydrogen-bond acceptors (Lipinski definition) is 4. The molecule has 0 saturated carbocycles. The molecule has 0 spiro atoms. The van der Waals surface area contributed by atoms with Gasteiger partial charge in [0.05, 0.1) is 10.9 Å². The third-order valence-corrected chi connectivity index (χ3v) is 5.41. The number of nitrogens with zero attached hydrogens (tertiary/aromatic N) is 1. The molecule has 0 N–H and O–H groups in total. The number of piperidine rings is 1. The molecule has 0 radical (unpaired) electrons. The topological polar surface area (TPSA) is 59.8 Å². The number of likely N-dealkylation sites (tertiary alicyclic amines) is 1. The van der Waals surface area contributed by atoms with Crippen molar-refractivity contribution < 1.29 is 13.9 Å². The van der Waals surface area contributed by atoms with Crippen molar-refractivity contribution in [2.75, 3.05) is 19.7 Å². The molecule has 2 atom stereocenters. The molecule has 3 aromatic rings. The molecule has 4 rings (SSSR count). The fourth-order valence-corrected chi connectivity index (χ4v) is 4.12. The van der Waals surface area contributed by atoms with Gasteiger partial charge in [-0.25, -0.2) is 0 Å². The van der Waals surface area contributed by atoms with Crippen LogP contribution in [0.4, 0.5) is 0 Å². The zero-order valence-electron chi connectivity index (χ0n) is 16.8. The monoisotopic (exact) mass is 391 g/mol. The molecule has 1 aliphatic heterocycles. The Balaban J connectivity index is 1.49. The Labute approximate surface area is 169 Å². The number of ether oxygens (including phenoxy) is 1. The highest BCUT2D eigenvalue weighted by atomic mass is 16.5. The van der Waals surface area contributed by atoms with Crippen molar-refractivity contribution in [3.63, 3.8) is 0 Å². The number of carbonyl (C=O) groups excluding carboxylic acids is 1. The summed E-state index contributed by atoms with van der Waals surface area (Å²) in [5.74, 6) is 1.52. The van der Waals surface area contributed by atoms with Gasteiger partial charge < -0.3 is 14.1 Å². The van der Waals surface area contributed by atoms with Crippen LogP contribution < -0.4 is 10.2 Å². The Hall–Kier alpha value is -3.08. The molecule has 2 heterocycles. The van der Waals surface area contributed by atoms with Gasteiger partial charge in [-0.1, -0.05) is 44.2 Å². The van der Waals surface area contributed by atoms with Crippen LogP contribution in [0.3, 0.4) is 0 Å². The highest BCUT2D eigenvalue weighted by Gasteiger charge is 2.25. The lowest BCUT2D eigenvalue weighted by molar-refractivity contribution is -0.136. The molecule has 1 aromatic heterocycles. The van der Waals surface area contributed by atoms with E-state index in [-0.39, 0.29) is 17.9 Å². The molecule has 1 amide bonds. The summed E-state index contributed by atoms with van der Waals surface area (Å²) in [5.41, 5.74) is 1.70. The van der Waals surface area contributed by atoms with Crippen molar-refractivity contribution in [3.8, 4) is 16.9 Å². The number of benzene rings is 2. The van der Waals surface area contributed by atoms with E-state index in [1.807, 2.05) is 35.2 Å². The molecule has 2 aromatic carbocycles. The van der Waals surface area contributed by atoms with Gasteiger partial charge in [-0.2, -0.15) is 0 Å². The van der Waals surface area contributed by atoms with Gasteiger partial charge in [0, 0.05) is 19.2 Å². The smallest absolute Gasteiger partial charge is 0.260 e. The van der Waals surface area contributed by atoms with Crippen LogP contribution in [0.2, 0.25) is 0 Å². The van der Waals surface area contributed by atoms with Gasteiger partial charge in [0.2, 0.25) is 0 Å². The highest BCUT2D eigenvalue weighted by molar-refractivity contribution is 5.83. The Bertz CT molecular complexity index is 1060. The second kappa shape index (κ2) is 8.11. The lowest BCUT2D eigenvalue weighted by atomic mass is 9.92. The summed E-state index contributed by atoms with van der Waals surface area (Å²) in [6.45, 7) is 5.89. The highest BCUT2D eigenvalue weighted by Crippen LogP contribution is 2.24. The molecule has 1 fully saturated rings. The summed E-state index contributed by atoms with van der Waals surface area (Å²) in [6.07, 6.45) is 2.63. The van der Waals surface area contributed by atoms with Crippen LogP contribution in [-0.2, 0) is 4.79 Å². The largest absolute Gasteiger partial charge is 0.484 e. The summed E-state index contributed by atoms with van der Waals surface area (Å²) in [6, 6.07) is 14.5. The van der Waals surface area contributed by atoms with Crippen molar-refractivity contribution in [2.45, 2.75) is 20.3 Å². The molecule has 0 bridgehead atoms. The minimum atomic E-state index is -0.0867. The van der Waals surface area contributed by atoms with Crippen molar-refractivity contribution in [1.29, 1.82) is 0 Å². The Morgan fingerprint density at radius 2 is 1.83 bits per heavy atom. The van der Waals surface area contributed by atoms with Crippen molar-refractivity contribution in [2.24, 2.45) is 11.8 Å². The fraction of sp³-hybridized carbons (Fsp3) is 0.333.